The van der Waals surface area contributed by atoms with Gasteiger partial charge in [0, 0.05) is 38.1 Å². The molecule has 29 heavy (non-hydrogen) atoms. The maximum absolute atomic E-state index is 13.9. The minimum Gasteiger partial charge on any atom is -0.469 e. The first-order chi connectivity index (χ1) is 13.7. The van der Waals surface area contributed by atoms with Crippen molar-refractivity contribution in [2.24, 2.45) is 5.92 Å². The predicted octanol–water partition coefficient (Wildman–Crippen LogP) is 3.91. The molecule has 0 N–H and O–H groups in total. The standard InChI is InChI=1S/C22H31F2NO4/c1-4-5-8-11-17(2)19(26)14-13-18-16-22(23,24)21(28)25(18)15-10-7-6-9-12-20(27)29-3/h13-14,17-18H,4,6-7,9-12,15-16H2,1-3H3/b14-13+. The third-order valence-electron chi connectivity index (χ3n) is 4.88. The number of nitrogens with zero attached hydrogens (tertiary/aromatic N) is 1. The van der Waals surface area contributed by atoms with Crippen LogP contribution in [0, 0.1) is 17.8 Å². The van der Waals surface area contributed by atoms with Gasteiger partial charge in [0.2, 0.25) is 0 Å². The summed E-state index contributed by atoms with van der Waals surface area (Å²) >= 11 is 0. The summed E-state index contributed by atoms with van der Waals surface area (Å²) in [5, 5.41) is 0. The number of esters is 1. The van der Waals surface area contributed by atoms with Crippen molar-refractivity contribution in [1.29, 1.82) is 0 Å². The highest BCUT2D eigenvalue weighted by Crippen LogP contribution is 2.34. The number of allylic oxidation sites excluding steroid dienone is 1. The molecule has 0 radical (unpaired) electrons. The summed E-state index contributed by atoms with van der Waals surface area (Å²) in [6.45, 7) is 3.87. The Morgan fingerprint density at radius 3 is 2.62 bits per heavy atom. The van der Waals surface area contributed by atoms with Gasteiger partial charge in [-0.15, -0.1) is 11.8 Å². The summed E-state index contributed by atoms with van der Waals surface area (Å²) in [5.74, 6) is 0.454. The molecule has 1 heterocycles. The zero-order chi connectivity index (χ0) is 21.9. The number of carbonyl (C=O) groups is 3. The lowest BCUT2D eigenvalue weighted by molar-refractivity contribution is -0.148. The van der Waals surface area contributed by atoms with Crippen molar-refractivity contribution in [3.8, 4) is 11.8 Å². The van der Waals surface area contributed by atoms with Crippen LogP contribution in [0.3, 0.4) is 0 Å². The Labute approximate surface area is 171 Å². The minimum absolute atomic E-state index is 0.180. The molecular formula is C22H31F2NO4. The van der Waals surface area contributed by atoms with Crippen molar-refractivity contribution < 1.29 is 27.9 Å². The van der Waals surface area contributed by atoms with E-state index in [0.717, 1.165) is 17.7 Å². The Morgan fingerprint density at radius 1 is 1.28 bits per heavy atom. The van der Waals surface area contributed by atoms with E-state index in [-0.39, 0.29) is 24.2 Å². The van der Waals surface area contributed by atoms with Gasteiger partial charge in [-0.3, -0.25) is 14.4 Å². The Morgan fingerprint density at radius 2 is 1.97 bits per heavy atom. The number of amides is 1. The second kappa shape index (κ2) is 12.4. The van der Waals surface area contributed by atoms with Crippen LogP contribution in [0.4, 0.5) is 8.78 Å². The van der Waals surface area contributed by atoms with Crippen LogP contribution in [-0.2, 0) is 19.1 Å². The molecule has 1 amide bonds. The van der Waals surface area contributed by atoms with Gasteiger partial charge in [0.15, 0.2) is 5.78 Å². The minimum atomic E-state index is -3.40. The molecule has 1 fully saturated rings. The number of ether oxygens (including phenoxy) is 1. The smallest absolute Gasteiger partial charge is 0.327 e. The Bertz CT molecular complexity index is 663. The first-order valence-corrected chi connectivity index (χ1v) is 10.2. The number of rotatable bonds is 11. The number of unbranched alkanes of at least 4 members (excludes halogenated alkanes) is 3. The second-order valence-electron chi connectivity index (χ2n) is 7.29. The highest BCUT2D eigenvalue weighted by Gasteiger charge is 2.52. The van der Waals surface area contributed by atoms with Crippen LogP contribution >= 0.6 is 0 Å². The van der Waals surface area contributed by atoms with Crippen LogP contribution in [-0.4, -0.2) is 48.2 Å². The maximum atomic E-state index is 13.9. The van der Waals surface area contributed by atoms with Gasteiger partial charge in [-0.05, 0) is 18.9 Å². The van der Waals surface area contributed by atoms with Crippen LogP contribution in [0.15, 0.2) is 12.2 Å². The largest absolute Gasteiger partial charge is 0.469 e. The molecule has 1 saturated heterocycles. The van der Waals surface area contributed by atoms with E-state index >= 15 is 0 Å². The van der Waals surface area contributed by atoms with E-state index in [1.54, 1.807) is 6.92 Å². The lowest BCUT2D eigenvalue weighted by atomic mass is 10.0. The number of hydrogen-bond acceptors (Lipinski definition) is 4. The molecular weight excluding hydrogens is 380 g/mol. The van der Waals surface area contributed by atoms with Gasteiger partial charge < -0.3 is 9.64 Å². The number of halogens is 2. The summed E-state index contributed by atoms with van der Waals surface area (Å²) in [5.41, 5.74) is 0. The Kier molecular flexibility index (Phi) is 10.6. The predicted molar refractivity (Wildman–Crippen MR) is 106 cm³/mol. The fourth-order valence-corrected chi connectivity index (χ4v) is 3.09. The van der Waals surface area contributed by atoms with Gasteiger partial charge in [-0.2, -0.15) is 8.78 Å². The fourth-order valence-electron chi connectivity index (χ4n) is 3.09. The first-order valence-electron chi connectivity index (χ1n) is 10.2. The monoisotopic (exact) mass is 411 g/mol. The molecule has 0 spiro atoms. The maximum Gasteiger partial charge on any atom is 0.327 e. The van der Waals surface area contributed by atoms with Crippen LogP contribution in [0.25, 0.3) is 0 Å². The molecule has 0 aromatic carbocycles. The molecule has 0 aromatic rings. The molecule has 1 aliphatic rings. The van der Waals surface area contributed by atoms with Gasteiger partial charge in [-0.25, -0.2) is 0 Å². The van der Waals surface area contributed by atoms with Crippen LogP contribution < -0.4 is 0 Å². The molecule has 2 atom stereocenters. The van der Waals surface area contributed by atoms with Gasteiger partial charge in [0.25, 0.3) is 5.91 Å². The van der Waals surface area contributed by atoms with Crippen molar-refractivity contribution in [3.05, 3.63) is 12.2 Å². The van der Waals surface area contributed by atoms with Crippen LogP contribution in [0.5, 0.6) is 0 Å². The summed E-state index contributed by atoms with van der Waals surface area (Å²) < 4.78 is 32.4. The molecule has 1 rings (SSSR count). The van der Waals surface area contributed by atoms with Gasteiger partial charge >= 0.3 is 11.9 Å². The van der Waals surface area contributed by atoms with Crippen molar-refractivity contribution in [2.45, 2.75) is 77.2 Å². The molecule has 0 bridgehead atoms. The normalized spacial score (nSPS) is 19.1. The number of carbonyl (C=O) groups excluding carboxylic acids is 3. The van der Waals surface area contributed by atoms with E-state index in [1.807, 2.05) is 6.92 Å². The summed E-state index contributed by atoms with van der Waals surface area (Å²) in [6.07, 6.45) is 6.27. The van der Waals surface area contributed by atoms with Crippen LogP contribution in [0.1, 0.15) is 65.2 Å². The van der Waals surface area contributed by atoms with Crippen LogP contribution in [0.2, 0.25) is 0 Å². The van der Waals surface area contributed by atoms with Crippen molar-refractivity contribution in [3.63, 3.8) is 0 Å². The lowest BCUT2D eigenvalue weighted by Gasteiger charge is -2.21. The molecule has 162 valence electrons. The molecule has 5 nitrogen and oxygen atoms in total. The molecule has 0 aromatic heterocycles. The van der Waals surface area contributed by atoms with E-state index in [4.69, 9.17) is 0 Å². The topological polar surface area (TPSA) is 63.7 Å². The number of alkyl halides is 2. The third-order valence-corrected chi connectivity index (χ3v) is 4.88. The second-order valence-corrected chi connectivity index (χ2v) is 7.29. The molecule has 0 aliphatic carbocycles. The fraction of sp³-hybridized carbons (Fsp3) is 0.682. The Hall–Kier alpha value is -2.23. The quantitative estimate of drug-likeness (QED) is 0.224. The Balaban J connectivity index is 2.57. The lowest BCUT2D eigenvalue weighted by Crippen LogP contribution is -2.36. The van der Waals surface area contributed by atoms with Gasteiger partial charge in [0.1, 0.15) is 0 Å². The van der Waals surface area contributed by atoms with Crippen molar-refractivity contribution in [1.82, 2.24) is 4.90 Å². The number of ketones is 1. The average molecular weight is 411 g/mol. The van der Waals surface area contributed by atoms with Crippen molar-refractivity contribution >= 4 is 17.7 Å². The van der Waals surface area contributed by atoms with Crippen molar-refractivity contribution in [2.75, 3.05) is 13.7 Å². The SMILES string of the molecule is CCC#CCC(C)C(=O)/C=C/C1CC(F)(F)C(=O)N1CCCCCCC(=O)OC. The van der Waals surface area contributed by atoms with E-state index < -0.39 is 24.3 Å². The van der Waals surface area contributed by atoms with E-state index in [1.165, 1.54) is 19.3 Å². The van der Waals surface area contributed by atoms with E-state index in [9.17, 15) is 23.2 Å². The van der Waals surface area contributed by atoms with E-state index in [0.29, 0.717) is 32.1 Å². The summed E-state index contributed by atoms with van der Waals surface area (Å²) in [7, 11) is 1.33. The number of likely N-dealkylation sites (tertiary alicyclic amines) is 1. The highest BCUT2D eigenvalue weighted by atomic mass is 19.3. The molecule has 0 saturated carbocycles. The average Bonchev–Trinajstić information content (AvgIpc) is 2.91. The highest BCUT2D eigenvalue weighted by molar-refractivity contribution is 5.92. The molecule has 1 aliphatic heterocycles. The van der Waals surface area contributed by atoms with Gasteiger partial charge in [-0.1, -0.05) is 32.8 Å². The first kappa shape index (κ1) is 24.8. The molecule has 7 heteroatoms. The molecule has 2 unspecified atom stereocenters. The zero-order valence-corrected chi connectivity index (χ0v) is 17.5. The summed E-state index contributed by atoms with van der Waals surface area (Å²) in [6, 6.07) is -0.787. The number of methoxy groups -OCH3 is 1. The van der Waals surface area contributed by atoms with E-state index in [2.05, 4.69) is 16.6 Å². The number of hydrogen-bond donors (Lipinski definition) is 0. The van der Waals surface area contributed by atoms with Gasteiger partial charge in [0.05, 0.1) is 13.2 Å². The zero-order valence-electron chi connectivity index (χ0n) is 17.5. The summed E-state index contributed by atoms with van der Waals surface area (Å²) in [4.78, 5) is 36.4. The third kappa shape index (κ3) is 8.35.